The van der Waals surface area contributed by atoms with Gasteiger partial charge in [-0.3, -0.25) is 38.4 Å². The molecule has 5 atom stereocenters. The van der Waals surface area contributed by atoms with Crippen molar-refractivity contribution in [1.82, 2.24) is 0 Å². The van der Waals surface area contributed by atoms with Gasteiger partial charge < -0.3 is 42.6 Å². The molecule has 0 spiro atoms. The molecule has 8 aromatic carbocycles. The van der Waals surface area contributed by atoms with E-state index in [2.05, 4.69) is 20.0 Å². The number of hydrogen-bond donors (Lipinski definition) is 0. The fourth-order valence-corrected chi connectivity index (χ4v) is 11.7. The molecule has 5 unspecified atom stereocenters. The number of isocyanates is 4. The molecule has 656 valence electrons. The van der Waals surface area contributed by atoms with E-state index in [0.717, 1.165) is 28.7 Å². The van der Waals surface area contributed by atoms with Crippen LogP contribution in [0.2, 0.25) is 0 Å². The normalized spacial score (nSPS) is 11.1. The lowest BCUT2D eigenvalue weighted by Crippen LogP contribution is -2.28. The quantitative estimate of drug-likeness (QED) is 0.00853. The zero-order valence-electron chi connectivity index (χ0n) is 70.2. The van der Waals surface area contributed by atoms with Crippen molar-refractivity contribution in [3.05, 3.63) is 239 Å². The van der Waals surface area contributed by atoms with Crippen molar-refractivity contribution in [2.24, 2.45) is 43.6 Å². The average Bonchev–Trinajstić information content (AvgIpc) is 0.878. The zero-order valence-corrected chi connectivity index (χ0v) is 70.2. The third kappa shape index (κ3) is 39.2. The maximum Gasteiger partial charge on any atom is 0.338 e. The minimum absolute atomic E-state index is 0.0239. The molecule has 0 bridgehead atoms. The van der Waals surface area contributed by atoms with Crippen LogP contribution in [0.15, 0.2) is 214 Å². The van der Waals surface area contributed by atoms with E-state index in [-0.39, 0.29) is 121 Å². The van der Waals surface area contributed by atoms with Crippen molar-refractivity contribution in [2.75, 3.05) is 33.0 Å². The van der Waals surface area contributed by atoms with E-state index in [1.165, 1.54) is 156 Å². The summed E-state index contributed by atoms with van der Waals surface area (Å²) in [5.74, 6) is -4.28. The topological polar surface area (TPSA) is 501 Å². The predicted molar refractivity (Wildman–Crippen MR) is 453 cm³/mol. The van der Waals surface area contributed by atoms with Crippen LogP contribution in [0.25, 0.3) is 0 Å². The smallest absolute Gasteiger partial charge is 0.338 e. The highest BCUT2D eigenvalue weighted by atomic mass is 16.6. The van der Waals surface area contributed by atoms with Gasteiger partial charge in [-0.1, -0.05) is 48.5 Å². The Morgan fingerprint density at radius 3 is 0.898 bits per heavy atom. The Kier molecular flexibility index (Phi) is 45.6. The summed E-state index contributed by atoms with van der Waals surface area (Å²) in [4.78, 5) is 200. The van der Waals surface area contributed by atoms with Gasteiger partial charge in [0.1, 0.15) is 71.7 Å². The molecule has 0 aliphatic carbocycles. The third-order valence-electron chi connectivity index (χ3n) is 18.7. The molecular weight excluding hydrogens is 1650 g/mol. The molecule has 0 heterocycles. The van der Waals surface area contributed by atoms with E-state index >= 15 is 0 Å². The number of esters is 4. The first-order valence-corrected chi connectivity index (χ1v) is 39.3. The highest BCUT2D eigenvalue weighted by Gasteiger charge is 2.27. The summed E-state index contributed by atoms with van der Waals surface area (Å²) in [7, 11) is 0. The van der Waals surface area contributed by atoms with E-state index in [4.69, 9.17) is 63.7 Å². The maximum atomic E-state index is 12.6. The fourth-order valence-electron chi connectivity index (χ4n) is 11.7. The van der Waals surface area contributed by atoms with Crippen LogP contribution < -0.4 is 18.9 Å². The summed E-state index contributed by atoms with van der Waals surface area (Å²) >= 11 is 0. The molecule has 0 amide bonds. The summed E-state index contributed by atoms with van der Waals surface area (Å²) in [6.07, 6.45) is 14.9. The Bertz CT molecular complexity index is 5520. The van der Waals surface area contributed by atoms with E-state index < -0.39 is 54.3 Å². The first kappa shape index (κ1) is 102. The molecule has 0 radical (unpaired) electrons. The van der Waals surface area contributed by atoms with Gasteiger partial charge in [-0.15, -0.1) is 21.0 Å². The summed E-state index contributed by atoms with van der Waals surface area (Å²) in [5.41, 5.74) is 5.87. The van der Waals surface area contributed by atoms with Crippen LogP contribution in [0.4, 0.5) is 22.7 Å². The van der Waals surface area contributed by atoms with Crippen molar-refractivity contribution in [1.29, 1.82) is 21.0 Å². The van der Waals surface area contributed by atoms with Gasteiger partial charge in [0.05, 0.1) is 58.2 Å². The van der Waals surface area contributed by atoms with E-state index in [1.54, 1.807) is 122 Å². The zero-order chi connectivity index (χ0) is 93.6. The number of Topliss-reactive ketones (excluding diaryl/α,β-unsaturated/α-hetero) is 8. The minimum Gasteiger partial charge on any atom is -0.462 e. The number of aliphatic imine (C=N–C) groups is 4. The maximum absolute atomic E-state index is 12.6. The average molecular weight is 1740 g/mol. The summed E-state index contributed by atoms with van der Waals surface area (Å²) in [5, 5.41) is 34.1. The molecule has 0 saturated heterocycles. The predicted octanol–water partition coefficient (Wildman–Crippen LogP) is 14.3. The van der Waals surface area contributed by atoms with Crippen molar-refractivity contribution in [2.45, 2.75) is 118 Å². The van der Waals surface area contributed by atoms with Gasteiger partial charge in [0, 0.05) is 55.8 Å². The number of ether oxygens (including phenoxy) is 9. The first-order chi connectivity index (χ1) is 61.6. The molecule has 0 aliphatic heterocycles. The number of nitrogens with zero attached hydrogens (tertiary/aromatic N) is 8. The van der Waals surface area contributed by atoms with Crippen LogP contribution in [0.1, 0.15) is 150 Å². The summed E-state index contributed by atoms with van der Waals surface area (Å²) < 4.78 is 44.6. The van der Waals surface area contributed by atoms with Crippen LogP contribution in [0, 0.1) is 69.7 Å². The monoisotopic (exact) mass is 1740 g/mol. The molecule has 0 aromatic heterocycles. The Morgan fingerprint density at radius 2 is 0.594 bits per heavy atom. The number of nitriles is 4. The van der Waals surface area contributed by atoms with Gasteiger partial charge >= 0.3 is 23.9 Å². The summed E-state index contributed by atoms with van der Waals surface area (Å²) in [6, 6.07) is 50.3. The van der Waals surface area contributed by atoms with E-state index in [9.17, 15) is 76.7 Å². The molecule has 0 fully saturated rings. The van der Waals surface area contributed by atoms with Gasteiger partial charge in [0.2, 0.25) is 24.3 Å². The van der Waals surface area contributed by atoms with Crippen LogP contribution in [0.3, 0.4) is 0 Å². The number of carbonyl (C=O) groups excluding carboxylic acids is 16. The van der Waals surface area contributed by atoms with E-state index in [0.29, 0.717) is 96.3 Å². The van der Waals surface area contributed by atoms with Gasteiger partial charge in [-0.05, 0) is 247 Å². The fraction of sp³-hybridized carbons (Fsp3) is 0.284. The highest BCUT2D eigenvalue weighted by Crippen LogP contribution is 2.26. The number of rotatable bonds is 47. The minimum atomic E-state index is -1.03. The van der Waals surface area contributed by atoms with Crippen LogP contribution in [-0.4, -0.2) is 134 Å². The lowest BCUT2D eigenvalue weighted by molar-refractivity contribution is -0.131. The molecule has 128 heavy (non-hydrogen) atoms. The standard InChI is InChI=1S/C26H26N2O6.C24H22N2O7.C23H20N2O6.C22H18N2O6/c1-19(30)22(15-20-6-12-25(13-7-20)34-17-27)16-24(31)5-3-2-4-14-33-26(32)21-8-10-23(11-9-21)28-18-29;1-17(28)20(12-18-2-8-23(9-3-18)33-15-25)13-22(29)14-31-10-11-32-24(30)19-4-6-21(7-5-19)26-16-27;1-15(27)19(11-17-3-9-21(10-4-17)30-13-24)12-22(28)16(2)31-23(29)18-5-7-20(8-6-18)25-14-26;1-15(26)18(10-16-2-8-21(9-3-16)30-13-23)11-20(27)12-29-22(28)17-4-6-19(7-5-17)24-14-25/h6-13,22H,2-5,14-16H2,1H3;2-9,20H,10-14H2,1H3;3-10,16,19H,11-12H2,1-2H3;2-9,18H,10-12H2,1H3. The SMILES string of the molecule is CC(=O)C(CC(=O)C(C)OC(=O)c1ccc(N=C=O)cc1)Cc1ccc(OC#N)cc1.CC(=O)C(CC(=O)CCCCCOC(=O)c1ccc(N=C=O)cc1)Cc1ccc(OC#N)cc1.CC(=O)C(CC(=O)COC(=O)c1ccc(N=C=O)cc1)Cc1ccc(OC#N)cc1.CC(=O)C(CC(=O)COCCOC(=O)c1ccc(N=C=O)cc1)Cc1ccc(OC#N)cc1. The van der Waals surface area contributed by atoms with Crippen molar-refractivity contribution in [3.8, 4) is 48.0 Å². The van der Waals surface area contributed by atoms with Crippen LogP contribution in [0.5, 0.6) is 23.0 Å². The van der Waals surface area contributed by atoms with E-state index in [1.807, 2.05) is 0 Å². The molecule has 33 heteroatoms. The van der Waals surface area contributed by atoms with Gasteiger partial charge in [-0.25, -0.2) is 38.4 Å². The molecule has 0 saturated carbocycles. The lowest BCUT2D eigenvalue weighted by atomic mass is 9.90. The van der Waals surface area contributed by atoms with Crippen molar-refractivity contribution in [3.63, 3.8) is 0 Å². The lowest BCUT2D eigenvalue weighted by Gasteiger charge is -2.17. The van der Waals surface area contributed by atoms with Gasteiger partial charge in [0.25, 0.3) is 25.0 Å². The molecule has 0 aliphatic rings. The Hall–Kier alpha value is -16.4. The second-order valence-corrected chi connectivity index (χ2v) is 28.1. The van der Waals surface area contributed by atoms with Gasteiger partial charge in [0.15, 0.2) is 23.5 Å². The summed E-state index contributed by atoms with van der Waals surface area (Å²) in [6.45, 7) is 6.75. The highest BCUT2D eigenvalue weighted by molar-refractivity contribution is 5.96. The second-order valence-electron chi connectivity index (χ2n) is 28.1. The number of hydrogen-bond acceptors (Lipinski definition) is 33. The number of carbonyl (C=O) groups is 12. The van der Waals surface area contributed by atoms with Crippen molar-refractivity contribution >= 4 is 117 Å². The van der Waals surface area contributed by atoms with Crippen LogP contribution in [-0.2, 0) is 107 Å². The first-order valence-electron chi connectivity index (χ1n) is 39.3. The van der Waals surface area contributed by atoms with Gasteiger partial charge in [-0.2, -0.15) is 20.0 Å². The molecule has 8 rings (SSSR count). The number of benzene rings is 8. The molecule has 33 nitrogen and oxygen atoms in total. The largest absolute Gasteiger partial charge is 0.462 e. The Labute approximate surface area is 735 Å². The Balaban J connectivity index is 0.000000303. The molecule has 8 aromatic rings. The number of unbranched alkanes of at least 4 members (excludes halogenated alkanes) is 2. The second kappa shape index (κ2) is 57.1. The molecular formula is C95H86N8O25. The van der Waals surface area contributed by atoms with Crippen molar-refractivity contribution < 1.29 is 119 Å². The van der Waals surface area contributed by atoms with Crippen LogP contribution >= 0.6 is 0 Å². The third-order valence-corrected chi connectivity index (χ3v) is 18.7. The number of ketones is 8. The molecule has 0 N–H and O–H groups in total. The Morgan fingerprint density at radius 1 is 0.312 bits per heavy atom.